The second kappa shape index (κ2) is 3.73. The van der Waals surface area contributed by atoms with Crippen LogP contribution in [0.5, 0.6) is 5.88 Å². The summed E-state index contributed by atoms with van der Waals surface area (Å²) in [6.45, 7) is 8.92. The van der Waals surface area contributed by atoms with E-state index in [4.69, 9.17) is 4.74 Å². The van der Waals surface area contributed by atoms with Gasteiger partial charge in [-0.1, -0.05) is 20.8 Å². The minimum absolute atomic E-state index is 0.158. The first-order valence-electron chi connectivity index (χ1n) is 4.39. The zero-order chi connectivity index (χ0) is 9.90. The molecule has 1 rings (SSSR count). The SMILES string of the molecule is Cc1cncc(OCC(C)(C)C)n1. The molecular formula is C10H16N2O. The second-order valence-electron chi connectivity index (χ2n) is 4.35. The summed E-state index contributed by atoms with van der Waals surface area (Å²) in [5.74, 6) is 0.606. The van der Waals surface area contributed by atoms with Crippen LogP contribution in [0.25, 0.3) is 0 Å². The Hall–Kier alpha value is -1.12. The first-order valence-corrected chi connectivity index (χ1v) is 4.39. The van der Waals surface area contributed by atoms with Gasteiger partial charge >= 0.3 is 0 Å². The fraction of sp³-hybridized carbons (Fsp3) is 0.600. The van der Waals surface area contributed by atoms with Gasteiger partial charge in [0.05, 0.1) is 18.5 Å². The van der Waals surface area contributed by atoms with Crippen LogP contribution < -0.4 is 4.74 Å². The molecule has 0 aliphatic rings. The normalized spacial score (nSPS) is 11.4. The topological polar surface area (TPSA) is 35.0 Å². The number of aryl methyl sites for hydroxylation is 1. The van der Waals surface area contributed by atoms with Crippen LogP contribution >= 0.6 is 0 Å². The van der Waals surface area contributed by atoms with Gasteiger partial charge in [0.15, 0.2) is 0 Å². The zero-order valence-electron chi connectivity index (χ0n) is 8.66. The van der Waals surface area contributed by atoms with Crippen LogP contribution in [0.2, 0.25) is 0 Å². The number of aromatic nitrogens is 2. The molecule has 1 aromatic heterocycles. The predicted molar refractivity (Wildman–Crippen MR) is 51.7 cm³/mol. The van der Waals surface area contributed by atoms with Crippen LogP contribution in [0, 0.1) is 12.3 Å². The lowest BCUT2D eigenvalue weighted by molar-refractivity contribution is 0.190. The molecular weight excluding hydrogens is 164 g/mol. The maximum Gasteiger partial charge on any atom is 0.232 e. The molecule has 0 aliphatic heterocycles. The van der Waals surface area contributed by atoms with Gasteiger partial charge in [0.25, 0.3) is 0 Å². The maximum absolute atomic E-state index is 5.48. The summed E-state index contributed by atoms with van der Waals surface area (Å²) in [7, 11) is 0. The third kappa shape index (κ3) is 3.87. The Morgan fingerprint density at radius 2 is 2.00 bits per heavy atom. The summed E-state index contributed by atoms with van der Waals surface area (Å²) in [5, 5.41) is 0. The van der Waals surface area contributed by atoms with E-state index in [9.17, 15) is 0 Å². The standard InChI is InChI=1S/C10H16N2O/c1-8-5-11-6-9(12-8)13-7-10(2,3)4/h5-6H,7H2,1-4H3. The maximum atomic E-state index is 5.48. The molecule has 0 saturated carbocycles. The molecule has 0 aromatic carbocycles. The molecule has 0 atom stereocenters. The van der Waals surface area contributed by atoms with E-state index in [1.165, 1.54) is 0 Å². The Morgan fingerprint density at radius 3 is 2.54 bits per heavy atom. The van der Waals surface area contributed by atoms with Crippen molar-refractivity contribution in [2.24, 2.45) is 5.41 Å². The molecule has 72 valence electrons. The molecule has 0 N–H and O–H groups in total. The first-order chi connectivity index (χ1) is 5.97. The van der Waals surface area contributed by atoms with Crippen LogP contribution in [0.15, 0.2) is 12.4 Å². The third-order valence-corrected chi connectivity index (χ3v) is 1.39. The molecule has 0 aliphatic carbocycles. The van der Waals surface area contributed by atoms with Crippen molar-refractivity contribution in [1.29, 1.82) is 0 Å². The van der Waals surface area contributed by atoms with Crippen molar-refractivity contribution >= 4 is 0 Å². The summed E-state index contributed by atoms with van der Waals surface area (Å²) >= 11 is 0. The molecule has 0 unspecified atom stereocenters. The quantitative estimate of drug-likeness (QED) is 0.700. The van der Waals surface area contributed by atoms with E-state index in [0.717, 1.165) is 5.69 Å². The van der Waals surface area contributed by atoms with Crippen molar-refractivity contribution in [2.45, 2.75) is 27.7 Å². The lowest BCUT2D eigenvalue weighted by Crippen LogP contribution is -2.17. The highest BCUT2D eigenvalue weighted by Crippen LogP contribution is 2.15. The van der Waals surface area contributed by atoms with Crippen molar-refractivity contribution in [3.05, 3.63) is 18.1 Å². The predicted octanol–water partition coefficient (Wildman–Crippen LogP) is 2.21. The molecule has 0 fully saturated rings. The average molecular weight is 180 g/mol. The minimum Gasteiger partial charge on any atom is -0.476 e. The van der Waals surface area contributed by atoms with Crippen molar-refractivity contribution in [3.8, 4) is 5.88 Å². The van der Waals surface area contributed by atoms with Gasteiger partial charge in [0, 0.05) is 6.20 Å². The summed E-state index contributed by atoms with van der Waals surface area (Å²) in [6.07, 6.45) is 3.35. The number of ether oxygens (including phenoxy) is 1. The van der Waals surface area contributed by atoms with E-state index < -0.39 is 0 Å². The van der Waals surface area contributed by atoms with E-state index in [1.54, 1.807) is 12.4 Å². The Bertz CT molecular complexity index is 278. The fourth-order valence-electron chi connectivity index (χ4n) is 0.800. The van der Waals surface area contributed by atoms with E-state index in [2.05, 4.69) is 30.7 Å². The minimum atomic E-state index is 0.158. The Labute approximate surface area is 79.2 Å². The van der Waals surface area contributed by atoms with Gasteiger partial charge in [-0.15, -0.1) is 0 Å². The van der Waals surface area contributed by atoms with Crippen LogP contribution in [0.1, 0.15) is 26.5 Å². The van der Waals surface area contributed by atoms with Gasteiger partial charge in [0.2, 0.25) is 5.88 Å². The van der Waals surface area contributed by atoms with Gasteiger partial charge in [-0.05, 0) is 12.3 Å². The molecule has 0 saturated heterocycles. The highest BCUT2D eigenvalue weighted by molar-refractivity contribution is 5.06. The highest BCUT2D eigenvalue weighted by Gasteiger charge is 2.11. The Kier molecular flexibility index (Phi) is 2.86. The molecule has 3 heteroatoms. The molecule has 1 aromatic rings. The van der Waals surface area contributed by atoms with E-state index in [-0.39, 0.29) is 5.41 Å². The van der Waals surface area contributed by atoms with Gasteiger partial charge in [0.1, 0.15) is 0 Å². The van der Waals surface area contributed by atoms with Crippen molar-refractivity contribution in [1.82, 2.24) is 9.97 Å². The first kappa shape index (κ1) is 9.96. The lowest BCUT2D eigenvalue weighted by atomic mass is 9.99. The van der Waals surface area contributed by atoms with Crippen LogP contribution in [0.3, 0.4) is 0 Å². The second-order valence-corrected chi connectivity index (χ2v) is 4.35. The summed E-state index contributed by atoms with van der Waals surface area (Å²) < 4.78 is 5.48. The molecule has 0 spiro atoms. The zero-order valence-corrected chi connectivity index (χ0v) is 8.66. The summed E-state index contributed by atoms with van der Waals surface area (Å²) in [4.78, 5) is 8.19. The molecule has 1 heterocycles. The van der Waals surface area contributed by atoms with E-state index >= 15 is 0 Å². The largest absolute Gasteiger partial charge is 0.476 e. The molecule has 0 bridgehead atoms. The van der Waals surface area contributed by atoms with E-state index in [1.807, 2.05) is 6.92 Å². The smallest absolute Gasteiger partial charge is 0.232 e. The monoisotopic (exact) mass is 180 g/mol. The Balaban J connectivity index is 2.55. The van der Waals surface area contributed by atoms with Gasteiger partial charge < -0.3 is 4.74 Å². The lowest BCUT2D eigenvalue weighted by Gasteiger charge is -2.17. The number of hydrogen-bond donors (Lipinski definition) is 0. The van der Waals surface area contributed by atoms with Crippen molar-refractivity contribution < 1.29 is 4.74 Å². The van der Waals surface area contributed by atoms with Crippen LogP contribution in [0.4, 0.5) is 0 Å². The number of hydrogen-bond acceptors (Lipinski definition) is 3. The molecule has 0 amide bonds. The number of nitrogens with zero attached hydrogens (tertiary/aromatic N) is 2. The van der Waals surface area contributed by atoms with Gasteiger partial charge in [-0.3, -0.25) is 4.98 Å². The summed E-state index contributed by atoms with van der Waals surface area (Å²) in [5.41, 5.74) is 1.04. The summed E-state index contributed by atoms with van der Waals surface area (Å²) in [6, 6.07) is 0. The fourth-order valence-corrected chi connectivity index (χ4v) is 0.800. The Morgan fingerprint density at radius 1 is 1.31 bits per heavy atom. The van der Waals surface area contributed by atoms with Crippen LogP contribution in [-0.2, 0) is 0 Å². The van der Waals surface area contributed by atoms with Crippen LogP contribution in [-0.4, -0.2) is 16.6 Å². The number of rotatable bonds is 2. The van der Waals surface area contributed by atoms with Gasteiger partial charge in [-0.2, -0.15) is 0 Å². The highest BCUT2D eigenvalue weighted by atomic mass is 16.5. The molecule has 13 heavy (non-hydrogen) atoms. The molecule has 3 nitrogen and oxygen atoms in total. The average Bonchev–Trinajstić information content (AvgIpc) is 2.00. The third-order valence-electron chi connectivity index (χ3n) is 1.39. The molecule has 0 radical (unpaired) electrons. The van der Waals surface area contributed by atoms with Crippen molar-refractivity contribution in [2.75, 3.05) is 6.61 Å². The van der Waals surface area contributed by atoms with Gasteiger partial charge in [-0.25, -0.2) is 4.98 Å². The van der Waals surface area contributed by atoms with E-state index in [0.29, 0.717) is 12.5 Å². The van der Waals surface area contributed by atoms with Crippen molar-refractivity contribution in [3.63, 3.8) is 0 Å².